The normalized spacial score (nSPS) is 17.1. The third-order valence-electron chi connectivity index (χ3n) is 4.01. The molecular weight excluding hydrogens is 557 g/mol. The Bertz CT molecular complexity index is 690. The Hall–Kier alpha value is 0.290. The average molecular weight is 574 g/mol. The Morgan fingerprint density at radius 3 is 2.61 bits per heavy atom. The molecule has 0 amide bonds. The molecule has 7 heteroatoms. The van der Waals surface area contributed by atoms with E-state index in [1.807, 2.05) is 0 Å². The summed E-state index contributed by atoms with van der Waals surface area (Å²) in [5.74, 6) is 0. The maximum absolute atomic E-state index is 10.2. The van der Waals surface area contributed by atoms with Crippen LogP contribution in [0.4, 0.5) is 3.89 Å². The summed E-state index contributed by atoms with van der Waals surface area (Å²) >= 11 is 3.90. The molecule has 1 saturated carbocycles. The van der Waals surface area contributed by atoms with Crippen molar-refractivity contribution in [3.8, 4) is 0 Å². The molecule has 1 fully saturated rings. The standard InChI is InChI=1S/C16H17IN2S.FIS/c1-11-9-16(12(11)2)19(20-17)8-7-13-10-18-15-6-4-3-5-14(13)15;1-3-2/h3-6,10,16,18H,1-2,7-9H2;. The van der Waals surface area contributed by atoms with Crippen LogP contribution in [0.1, 0.15) is 12.0 Å². The molecule has 3 rings (SSSR count). The summed E-state index contributed by atoms with van der Waals surface area (Å²) in [5.41, 5.74) is 5.02. The van der Waals surface area contributed by atoms with E-state index in [9.17, 15) is 3.89 Å². The number of nitrogens with zero attached hydrogens (tertiary/aromatic N) is 1. The van der Waals surface area contributed by atoms with Crippen LogP contribution in [0.15, 0.2) is 54.8 Å². The fourth-order valence-electron chi connectivity index (χ4n) is 2.68. The molecule has 0 saturated heterocycles. The van der Waals surface area contributed by atoms with Gasteiger partial charge in [-0.15, -0.1) is 0 Å². The van der Waals surface area contributed by atoms with Gasteiger partial charge in [-0.05, 0) is 44.7 Å². The van der Waals surface area contributed by atoms with Gasteiger partial charge in [0.25, 0.3) is 0 Å². The maximum atomic E-state index is 10.2. The number of aromatic nitrogens is 1. The minimum atomic E-state index is 0.220. The minimum Gasteiger partial charge on any atom is -0.361 e. The summed E-state index contributed by atoms with van der Waals surface area (Å²) in [6.45, 7) is 9.17. The van der Waals surface area contributed by atoms with E-state index in [-0.39, 0.29) is 9.32 Å². The molecule has 2 nitrogen and oxygen atoms in total. The molecule has 1 aliphatic rings. The van der Waals surface area contributed by atoms with E-state index >= 15 is 0 Å². The average Bonchev–Trinajstić information content (AvgIpc) is 2.98. The van der Waals surface area contributed by atoms with E-state index in [1.165, 1.54) is 48.8 Å². The van der Waals surface area contributed by atoms with Gasteiger partial charge >= 0.3 is 0 Å². The zero-order valence-electron chi connectivity index (χ0n) is 12.4. The van der Waals surface area contributed by atoms with Crippen molar-refractivity contribution in [3.63, 3.8) is 0 Å². The van der Waals surface area contributed by atoms with Gasteiger partial charge in [-0.2, -0.15) is 3.89 Å². The lowest BCUT2D eigenvalue weighted by atomic mass is 9.82. The van der Waals surface area contributed by atoms with Gasteiger partial charge in [0.2, 0.25) is 0 Å². The number of nitrogens with one attached hydrogen (secondary N) is 1. The fourth-order valence-corrected chi connectivity index (χ4v) is 4.55. The Balaban J connectivity index is 0.000000595. The highest BCUT2D eigenvalue weighted by atomic mass is 127. The van der Waals surface area contributed by atoms with Crippen molar-refractivity contribution < 1.29 is 3.89 Å². The van der Waals surface area contributed by atoms with Gasteiger partial charge in [-0.25, -0.2) is 4.31 Å². The predicted octanol–water partition coefficient (Wildman–Crippen LogP) is 6.85. The van der Waals surface area contributed by atoms with E-state index < -0.39 is 0 Å². The number of hydrogen-bond acceptors (Lipinski definition) is 3. The number of benzene rings is 1. The molecule has 1 N–H and O–H groups in total. The number of H-pyrrole nitrogens is 1. The minimum absolute atomic E-state index is 0.220. The number of para-hydroxylation sites is 1. The summed E-state index contributed by atoms with van der Waals surface area (Å²) in [6.07, 6.45) is 4.24. The molecule has 1 atom stereocenters. The lowest BCUT2D eigenvalue weighted by Crippen LogP contribution is -2.39. The molecule has 0 spiro atoms. The Labute approximate surface area is 169 Å². The molecule has 1 unspecified atom stereocenters. The molecule has 0 bridgehead atoms. The molecule has 124 valence electrons. The van der Waals surface area contributed by atoms with E-state index in [0.29, 0.717) is 6.04 Å². The van der Waals surface area contributed by atoms with Crippen LogP contribution >= 0.6 is 60.8 Å². The van der Waals surface area contributed by atoms with Crippen LogP contribution in [0.5, 0.6) is 0 Å². The van der Waals surface area contributed by atoms with E-state index in [1.54, 1.807) is 9.12 Å². The summed E-state index contributed by atoms with van der Waals surface area (Å²) in [7, 11) is 2.00. The third-order valence-corrected chi connectivity index (χ3v) is 6.14. The molecular formula is C16H17FI2N2S2. The van der Waals surface area contributed by atoms with Crippen molar-refractivity contribution in [2.24, 2.45) is 0 Å². The highest BCUT2D eigenvalue weighted by Gasteiger charge is 2.31. The zero-order valence-corrected chi connectivity index (χ0v) is 18.3. The highest BCUT2D eigenvalue weighted by Crippen LogP contribution is 2.39. The molecule has 1 aromatic heterocycles. The monoisotopic (exact) mass is 574 g/mol. The van der Waals surface area contributed by atoms with Gasteiger partial charge in [0, 0.05) is 72.1 Å². The first-order valence-corrected chi connectivity index (χ1v) is 13.6. The predicted molar refractivity (Wildman–Crippen MR) is 120 cm³/mol. The molecule has 1 heterocycles. The first-order valence-electron chi connectivity index (χ1n) is 6.99. The van der Waals surface area contributed by atoms with Crippen molar-refractivity contribution >= 4 is 71.8 Å². The lowest BCUT2D eigenvalue weighted by Gasteiger charge is -2.39. The molecule has 1 aromatic carbocycles. The van der Waals surface area contributed by atoms with Gasteiger partial charge in [0.1, 0.15) is 9.32 Å². The van der Waals surface area contributed by atoms with Crippen molar-refractivity contribution in [1.82, 2.24) is 9.29 Å². The van der Waals surface area contributed by atoms with Crippen LogP contribution < -0.4 is 0 Å². The number of halogens is 3. The zero-order chi connectivity index (χ0) is 16.8. The summed E-state index contributed by atoms with van der Waals surface area (Å²) < 4.78 is 12.6. The van der Waals surface area contributed by atoms with E-state index in [2.05, 4.69) is 74.1 Å². The summed E-state index contributed by atoms with van der Waals surface area (Å²) in [5, 5.41) is 1.34. The quantitative estimate of drug-likeness (QED) is 0.312. The third kappa shape index (κ3) is 4.90. The van der Waals surface area contributed by atoms with Crippen LogP contribution in [0.2, 0.25) is 0 Å². The fraction of sp³-hybridized carbons (Fsp3) is 0.250. The number of hydrogen-bond donors (Lipinski definition) is 1. The van der Waals surface area contributed by atoms with Crippen LogP contribution in [0.3, 0.4) is 0 Å². The topological polar surface area (TPSA) is 19.0 Å². The van der Waals surface area contributed by atoms with E-state index in [4.69, 9.17) is 0 Å². The molecule has 0 aliphatic heterocycles. The van der Waals surface area contributed by atoms with E-state index in [0.717, 1.165) is 19.4 Å². The molecule has 0 radical (unpaired) electrons. The van der Waals surface area contributed by atoms with Gasteiger partial charge in [0.15, 0.2) is 0 Å². The first kappa shape index (κ1) is 19.6. The first-order chi connectivity index (χ1) is 11.1. The highest BCUT2D eigenvalue weighted by molar-refractivity contribution is 14.2. The summed E-state index contributed by atoms with van der Waals surface area (Å²) in [4.78, 5) is 3.34. The number of rotatable bonds is 5. The van der Waals surface area contributed by atoms with Gasteiger partial charge in [-0.3, -0.25) is 0 Å². The van der Waals surface area contributed by atoms with Crippen molar-refractivity contribution in [2.75, 3.05) is 6.54 Å². The van der Waals surface area contributed by atoms with Gasteiger partial charge in [0.05, 0.1) is 0 Å². The van der Waals surface area contributed by atoms with Crippen molar-refractivity contribution in [1.29, 1.82) is 0 Å². The Morgan fingerprint density at radius 2 is 2.00 bits per heavy atom. The largest absolute Gasteiger partial charge is 0.361 e. The van der Waals surface area contributed by atoms with Crippen LogP contribution in [-0.2, 0) is 6.42 Å². The SMILES string of the molecule is C=C1CC(N(CCc2c[nH]c3ccccc23)SI)C1=C.FSI. The second kappa shape index (κ2) is 9.69. The molecule has 2 aromatic rings. The number of fused-ring (bicyclic) bond motifs is 1. The Morgan fingerprint density at radius 1 is 1.30 bits per heavy atom. The second-order valence-electron chi connectivity index (χ2n) is 5.23. The van der Waals surface area contributed by atoms with Gasteiger partial charge in [-0.1, -0.05) is 31.4 Å². The second-order valence-corrected chi connectivity index (χ2v) is 8.13. The van der Waals surface area contributed by atoms with Crippen LogP contribution in [-0.4, -0.2) is 21.9 Å². The molecule has 23 heavy (non-hydrogen) atoms. The van der Waals surface area contributed by atoms with Crippen molar-refractivity contribution in [2.45, 2.75) is 18.9 Å². The Kier molecular flexibility index (Phi) is 8.26. The van der Waals surface area contributed by atoms with Crippen LogP contribution in [0, 0.1) is 0 Å². The maximum Gasteiger partial charge on any atom is 0.117 e. The van der Waals surface area contributed by atoms with Crippen molar-refractivity contribution in [3.05, 3.63) is 60.3 Å². The summed E-state index contributed by atoms with van der Waals surface area (Å²) in [6, 6.07) is 8.95. The van der Waals surface area contributed by atoms with Crippen LogP contribution in [0.25, 0.3) is 10.9 Å². The number of aromatic amines is 1. The molecule has 1 aliphatic carbocycles. The lowest BCUT2D eigenvalue weighted by molar-refractivity contribution is 0.365. The smallest absolute Gasteiger partial charge is 0.117 e. The van der Waals surface area contributed by atoms with Gasteiger partial charge < -0.3 is 4.98 Å².